The zero-order valence-electron chi connectivity index (χ0n) is 11.4. The van der Waals surface area contributed by atoms with Crippen LogP contribution in [0.1, 0.15) is 10.4 Å². The van der Waals surface area contributed by atoms with E-state index in [-0.39, 0.29) is 11.3 Å². The van der Waals surface area contributed by atoms with Crippen molar-refractivity contribution < 1.29 is 18.7 Å². The summed E-state index contributed by atoms with van der Waals surface area (Å²) >= 11 is 5.88. The Morgan fingerprint density at radius 3 is 2.38 bits per heavy atom. The van der Waals surface area contributed by atoms with Crippen LogP contribution in [0.2, 0.25) is 5.02 Å². The molecule has 0 heterocycles. The smallest absolute Gasteiger partial charge is 0.255 e. The molecule has 0 aromatic heterocycles. The predicted octanol–water partition coefficient (Wildman–Crippen LogP) is 3.75. The zero-order valence-corrected chi connectivity index (χ0v) is 12.2. The van der Waals surface area contributed by atoms with Gasteiger partial charge in [0.1, 0.15) is 5.75 Å². The summed E-state index contributed by atoms with van der Waals surface area (Å²) in [6.07, 6.45) is 0. The maximum Gasteiger partial charge on any atom is 0.255 e. The molecule has 0 unspecified atom stereocenters. The Hall–Kier alpha value is -2.27. The summed E-state index contributed by atoms with van der Waals surface area (Å²) in [6.45, 7) is 0. The molecule has 1 N–H and O–H groups in total. The maximum absolute atomic E-state index is 13.6. The van der Waals surface area contributed by atoms with Crippen molar-refractivity contribution in [3.05, 3.63) is 52.8 Å². The number of anilines is 1. The highest BCUT2D eigenvalue weighted by molar-refractivity contribution is 6.31. The van der Waals surface area contributed by atoms with Crippen molar-refractivity contribution in [3.63, 3.8) is 0 Å². The van der Waals surface area contributed by atoms with Crippen LogP contribution in [-0.2, 0) is 0 Å². The molecule has 0 atom stereocenters. The van der Waals surface area contributed by atoms with E-state index in [0.29, 0.717) is 16.5 Å². The molecule has 110 valence electrons. The largest absolute Gasteiger partial charge is 0.495 e. The van der Waals surface area contributed by atoms with E-state index in [1.165, 1.54) is 26.4 Å². The second kappa shape index (κ2) is 6.45. The summed E-state index contributed by atoms with van der Waals surface area (Å²) in [5, 5.41) is 3.08. The minimum absolute atomic E-state index is 0.0758. The van der Waals surface area contributed by atoms with Crippen LogP contribution in [0.25, 0.3) is 0 Å². The van der Waals surface area contributed by atoms with Gasteiger partial charge in [0.05, 0.1) is 19.9 Å². The van der Waals surface area contributed by atoms with Crippen LogP contribution >= 0.6 is 11.6 Å². The van der Waals surface area contributed by atoms with E-state index in [2.05, 4.69) is 5.32 Å². The number of rotatable bonds is 4. The Kier molecular flexibility index (Phi) is 4.65. The number of hydrogen-bond donors (Lipinski definition) is 1. The number of nitrogens with one attached hydrogen (secondary N) is 1. The van der Waals surface area contributed by atoms with Crippen molar-refractivity contribution in [1.29, 1.82) is 0 Å². The number of amides is 1. The summed E-state index contributed by atoms with van der Waals surface area (Å²) in [6, 6.07) is 8.78. The second-order valence-electron chi connectivity index (χ2n) is 4.15. The molecule has 0 fully saturated rings. The highest BCUT2D eigenvalue weighted by atomic mass is 35.5. The minimum atomic E-state index is -0.608. The number of ether oxygens (including phenoxy) is 2. The summed E-state index contributed by atoms with van der Waals surface area (Å²) in [7, 11) is 2.83. The monoisotopic (exact) mass is 309 g/mol. The van der Waals surface area contributed by atoms with Gasteiger partial charge in [0, 0.05) is 10.6 Å². The predicted molar refractivity (Wildman–Crippen MR) is 78.9 cm³/mol. The van der Waals surface area contributed by atoms with Crippen LogP contribution in [0.15, 0.2) is 36.4 Å². The van der Waals surface area contributed by atoms with E-state index in [4.69, 9.17) is 21.1 Å². The van der Waals surface area contributed by atoms with Crippen molar-refractivity contribution in [1.82, 2.24) is 0 Å². The molecule has 0 saturated heterocycles. The fourth-order valence-corrected chi connectivity index (χ4v) is 1.95. The van der Waals surface area contributed by atoms with Gasteiger partial charge in [-0.05, 0) is 36.4 Å². The van der Waals surface area contributed by atoms with Gasteiger partial charge >= 0.3 is 0 Å². The molecule has 6 heteroatoms. The van der Waals surface area contributed by atoms with Crippen molar-refractivity contribution in [2.24, 2.45) is 0 Å². The molecule has 2 aromatic carbocycles. The van der Waals surface area contributed by atoms with Crippen LogP contribution < -0.4 is 14.8 Å². The summed E-state index contributed by atoms with van der Waals surface area (Å²) in [5.41, 5.74) is 0.571. The third-order valence-electron chi connectivity index (χ3n) is 2.82. The number of carbonyl (C=O) groups is 1. The molecule has 0 aliphatic carbocycles. The topological polar surface area (TPSA) is 47.6 Å². The van der Waals surface area contributed by atoms with Gasteiger partial charge in [0.25, 0.3) is 5.91 Å². The van der Waals surface area contributed by atoms with Gasteiger partial charge in [-0.3, -0.25) is 4.79 Å². The Balaban J connectivity index is 2.26. The normalized spacial score (nSPS) is 10.1. The van der Waals surface area contributed by atoms with Crippen LogP contribution in [0, 0.1) is 5.82 Å². The van der Waals surface area contributed by atoms with Crippen LogP contribution in [0.3, 0.4) is 0 Å². The molecule has 21 heavy (non-hydrogen) atoms. The Bertz CT molecular complexity index is 676. The van der Waals surface area contributed by atoms with E-state index in [0.717, 1.165) is 6.07 Å². The van der Waals surface area contributed by atoms with E-state index < -0.39 is 11.7 Å². The average Bonchev–Trinajstić information content (AvgIpc) is 2.47. The van der Waals surface area contributed by atoms with Gasteiger partial charge in [-0.1, -0.05) is 11.6 Å². The fourth-order valence-electron chi connectivity index (χ4n) is 1.78. The molecule has 0 aliphatic rings. The van der Waals surface area contributed by atoms with Gasteiger partial charge in [0.15, 0.2) is 11.6 Å². The molecular formula is C15H13ClFNO3. The minimum Gasteiger partial charge on any atom is -0.495 e. The number of halogens is 2. The van der Waals surface area contributed by atoms with Gasteiger partial charge in [-0.2, -0.15) is 0 Å². The van der Waals surface area contributed by atoms with Crippen molar-refractivity contribution in [2.45, 2.75) is 0 Å². The van der Waals surface area contributed by atoms with Crippen LogP contribution in [0.5, 0.6) is 11.5 Å². The van der Waals surface area contributed by atoms with Gasteiger partial charge in [-0.25, -0.2) is 4.39 Å². The van der Waals surface area contributed by atoms with Crippen molar-refractivity contribution in [2.75, 3.05) is 19.5 Å². The Morgan fingerprint density at radius 1 is 1.10 bits per heavy atom. The van der Waals surface area contributed by atoms with Gasteiger partial charge < -0.3 is 14.8 Å². The lowest BCUT2D eigenvalue weighted by atomic mass is 10.2. The third-order valence-corrected chi connectivity index (χ3v) is 3.06. The highest BCUT2D eigenvalue weighted by Crippen LogP contribution is 2.28. The zero-order chi connectivity index (χ0) is 15.4. The average molecular weight is 310 g/mol. The standard InChI is InChI=1S/C15H13ClFNO3/c1-20-13-5-3-9(7-11(13)17)15(19)18-12-8-10(16)4-6-14(12)21-2/h3-8H,1-2H3,(H,18,19). The SMILES string of the molecule is COc1ccc(C(=O)Nc2cc(Cl)ccc2OC)cc1F. The van der Waals surface area contributed by atoms with Gasteiger partial charge in [0.2, 0.25) is 0 Å². The molecule has 0 saturated carbocycles. The first-order valence-corrected chi connectivity index (χ1v) is 6.41. The Morgan fingerprint density at radius 2 is 1.76 bits per heavy atom. The lowest BCUT2D eigenvalue weighted by Gasteiger charge is -2.11. The first-order chi connectivity index (χ1) is 10.0. The van der Waals surface area contributed by atoms with E-state index in [9.17, 15) is 9.18 Å². The second-order valence-corrected chi connectivity index (χ2v) is 4.58. The molecule has 0 bridgehead atoms. The van der Waals surface area contributed by atoms with Crippen LogP contribution in [0.4, 0.5) is 10.1 Å². The molecular weight excluding hydrogens is 297 g/mol. The number of carbonyl (C=O) groups excluding carboxylic acids is 1. The molecule has 0 radical (unpaired) electrons. The summed E-state index contributed by atoms with van der Waals surface area (Å²) in [4.78, 5) is 12.1. The molecule has 1 amide bonds. The lowest BCUT2D eigenvalue weighted by molar-refractivity contribution is 0.102. The summed E-state index contributed by atoms with van der Waals surface area (Å²) in [5.74, 6) is -0.547. The fraction of sp³-hybridized carbons (Fsp3) is 0.133. The van der Waals surface area contributed by atoms with Gasteiger partial charge in [-0.15, -0.1) is 0 Å². The highest BCUT2D eigenvalue weighted by Gasteiger charge is 2.13. The number of methoxy groups -OCH3 is 2. The molecule has 0 spiro atoms. The van der Waals surface area contributed by atoms with Crippen molar-refractivity contribution in [3.8, 4) is 11.5 Å². The maximum atomic E-state index is 13.6. The first kappa shape index (κ1) is 15.1. The molecule has 2 aromatic rings. The van der Waals surface area contributed by atoms with E-state index in [1.54, 1.807) is 18.2 Å². The molecule has 2 rings (SSSR count). The number of hydrogen-bond acceptors (Lipinski definition) is 3. The molecule has 4 nitrogen and oxygen atoms in total. The third kappa shape index (κ3) is 3.44. The first-order valence-electron chi connectivity index (χ1n) is 6.03. The van der Waals surface area contributed by atoms with Crippen LogP contribution in [-0.4, -0.2) is 20.1 Å². The number of benzene rings is 2. The van der Waals surface area contributed by atoms with E-state index >= 15 is 0 Å². The quantitative estimate of drug-likeness (QED) is 0.935. The van der Waals surface area contributed by atoms with Crippen molar-refractivity contribution >= 4 is 23.2 Å². The lowest BCUT2D eigenvalue weighted by Crippen LogP contribution is -2.13. The van der Waals surface area contributed by atoms with E-state index in [1.807, 2.05) is 0 Å². The Labute approximate surface area is 126 Å². The molecule has 0 aliphatic heterocycles. The summed E-state index contributed by atoms with van der Waals surface area (Å²) < 4.78 is 23.5.